The summed E-state index contributed by atoms with van der Waals surface area (Å²) in [5.74, 6) is 0. The second-order valence-corrected chi connectivity index (χ2v) is 6.29. The van der Waals surface area contributed by atoms with Gasteiger partial charge in [-0.3, -0.25) is 0 Å². The summed E-state index contributed by atoms with van der Waals surface area (Å²) in [4.78, 5) is 0. The summed E-state index contributed by atoms with van der Waals surface area (Å²) in [7, 11) is 2.10. The number of benzene rings is 1. The van der Waals surface area contributed by atoms with Crippen LogP contribution in [0.4, 0.5) is 0 Å². The standard InChI is InChI=1S/C17H21NS/c1-18-16(14-9-12-19-13-14)17(10-5-6-11-17)15-7-3-2-4-8-15/h2-4,7-9,12-13,16,18H,5-6,10-11H2,1H3. The zero-order valence-electron chi connectivity index (χ0n) is 11.4. The van der Waals surface area contributed by atoms with Crippen LogP contribution in [0.3, 0.4) is 0 Å². The zero-order chi connectivity index (χ0) is 13.1. The van der Waals surface area contributed by atoms with Gasteiger partial charge >= 0.3 is 0 Å². The molecule has 1 saturated carbocycles. The highest BCUT2D eigenvalue weighted by Crippen LogP contribution is 2.49. The van der Waals surface area contributed by atoms with Crippen molar-refractivity contribution < 1.29 is 0 Å². The van der Waals surface area contributed by atoms with Gasteiger partial charge in [0.25, 0.3) is 0 Å². The van der Waals surface area contributed by atoms with Crippen LogP contribution in [0.25, 0.3) is 0 Å². The monoisotopic (exact) mass is 271 g/mol. The van der Waals surface area contributed by atoms with E-state index < -0.39 is 0 Å². The fourth-order valence-electron chi connectivity index (χ4n) is 3.72. The summed E-state index contributed by atoms with van der Waals surface area (Å²) in [5, 5.41) is 8.08. The van der Waals surface area contributed by atoms with E-state index in [1.54, 1.807) is 11.3 Å². The lowest BCUT2D eigenvalue weighted by molar-refractivity contribution is 0.316. The van der Waals surface area contributed by atoms with Crippen LogP contribution in [-0.4, -0.2) is 7.05 Å². The highest BCUT2D eigenvalue weighted by Gasteiger charge is 2.42. The molecule has 100 valence electrons. The van der Waals surface area contributed by atoms with Gasteiger partial charge in [-0.2, -0.15) is 11.3 Å². The quantitative estimate of drug-likeness (QED) is 0.862. The molecule has 1 aliphatic carbocycles. The number of likely N-dealkylation sites (N-methyl/N-ethyl adjacent to an activating group) is 1. The lowest BCUT2D eigenvalue weighted by Gasteiger charge is -2.38. The molecule has 1 nitrogen and oxygen atoms in total. The van der Waals surface area contributed by atoms with Gasteiger partial charge < -0.3 is 5.32 Å². The van der Waals surface area contributed by atoms with Crippen molar-refractivity contribution in [1.29, 1.82) is 0 Å². The minimum Gasteiger partial charge on any atom is -0.312 e. The van der Waals surface area contributed by atoms with Crippen molar-refractivity contribution in [2.75, 3.05) is 7.05 Å². The number of nitrogens with one attached hydrogen (secondary N) is 1. The van der Waals surface area contributed by atoms with Crippen LogP contribution in [0.5, 0.6) is 0 Å². The van der Waals surface area contributed by atoms with E-state index in [1.807, 2.05) is 0 Å². The van der Waals surface area contributed by atoms with Crippen LogP contribution in [0, 0.1) is 0 Å². The van der Waals surface area contributed by atoms with Crippen molar-refractivity contribution >= 4 is 11.3 Å². The molecule has 2 aromatic rings. The SMILES string of the molecule is CNC(c1ccsc1)C1(c2ccccc2)CCCC1. The topological polar surface area (TPSA) is 12.0 Å². The van der Waals surface area contributed by atoms with Crippen LogP contribution in [0.2, 0.25) is 0 Å². The maximum absolute atomic E-state index is 3.59. The van der Waals surface area contributed by atoms with E-state index in [2.05, 4.69) is 59.5 Å². The molecule has 1 aromatic carbocycles. The molecule has 0 amide bonds. The van der Waals surface area contributed by atoms with Crippen molar-refractivity contribution in [2.45, 2.75) is 37.1 Å². The predicted molar refractivity (Wildman–Crippen MR) is 82.7 cm³/mol. The van der Waals surface area contributed by atoms with Crippen LogP contribution in [0.15, 0.2) is 47.2 Å². The normalized spacial score (nSPS) is 19.4. The van der Waals surface area contributed by atoms with E-state index in [0.29, 0.717) is 6.04 Å². The van der Waals surface area contributed by atoms with Gasteiger partial charge in [0.1, 0.15) is 0 Å². The summed E-state index contributed by atoms with van der Waals surface area (Å²) in [6.45, 7) is 0. The molecule has 1 N–H and O–H groups in total. The van der Waals surface area contributed by atoms with Crippen molar-refractivity contribution in [1.82, 2.24) is 5.32 Å². The van der Waals surface area contributed by atoms with Gasteiger partial charge in [-0.25, -0.2) is 0 Å². The molecule has 0 spiro atoms. The summed E-state index contributed by atoms with van der Waals surface area (Å²) >= 11 is 1.80. The molecule has 2 heteroatoms. The Hall–Kier alpha value is -1.12. The molecule has 0 aliphatic heterocycles. The Bertz CT molecular complexity index is 497. The van der Waals surface area contributed by atoms with Gasteiger partial charge in [0.2, 0.25) is 0 Å². The number of hydrogen-bond donors (Lipinski definition) is 1. The third-order valence-corrected chi connectivity index (χ3v) is 5.26. The maximum atomic E-state index is 3.59. The average Bonchev–Trinajstić information content (AvgIpc) is 3.13. The molecule has 0 radical (unpaired) electrons. The molecule has 1 aliphatic rings. The Kier molecular flexibility index (Phi) is 3.72. The molecule has 19 heavy (non-hydrogen) atoms. The first-order valence-corrected chi connectivity index (χ1v) is 8.06. The van der Waals surface area contributed by atoms with Crippen LogP contribution >= 0.6 is 11.3 Å². The lowest BCUT2D eigenvalue weighted by atomic mass is 9.71. The molecule has 1 atom stereocenters. The summed E-state index contributed by atoms with van der Waals surface area (Å²) in [6, 6.07) is 13.8. The van der Waals surface area contributed by atoms with Gasteiger partial charge in [0, 0.05) is 11.5 Å². The van der Waals surface area contributed by atoms with Crippen molar-refractivity contribution in [3.63, 3.8) is 0 Å². The first-order valence-electron chi connectivity index (χ1n) is 7.12. The Morgan fingerprint density at radius 3 is 2.42 bits per heavy atom. The number of hydrogen-bond acceptors (Lipinski definition) is 2. The lowest BCUT2D eigenvalue weighted by Crippen LogP contribution is -2.38. The highest BCUT2D eigenvalue weighted by atomic mass is 32.1. The first kappa shape index (κ1) is 12.9. The Labute approximate surface area is 119 Å². The van der Waals surface area contributed by atoms with Gasteiger partial charge in [-0.15, -0.1) is 0 Å². The average molecular weight is 271 g/mol. The first-order chi connectivity index (χ1) is 9.37. The number of rotatable bonds is 4. The Morgan fingerprint density at radius 2 is 1.84 bits per heavy atom. The van der Waals surface area contributed by atoms with E-state index in [0.717, 1.165) is 0 Å². The van der Waals surface area contributed by atoms with E-state index >= 15 is 0 Å². The van der Waals surface area contributed by atoms with E-state index in [4.69, 9.17) is 0 Å². The van der Waals surface area contributed by atoms with Gasteiger partial charge in [0.15, 0.2) is 0 Å². The Balaban J connectivity index is 2.05. The fraction of sp³-hybridized carbons (Fsp3) is 0.412. The van der Waals surface area contributed by atoms with Gasteiger partial charge in [-0.1, -0.05) is 43.2 Å². The smallest absolute Gasteiger partial charge is 0.0424 e. The van der Waals surface area contributed by atoms with Gasteiger partial charge in [-0.05, 0) is 47.8 Å². The zero-order valence-corrected chi connectivity index (χ0v) is 12.2. The molecule has 1 fully saturated rings. The molecule has 1 heterocycles. The summed E-state index contributed by atoms with van der Waals surface area (Å²) in [5.41, 5.74) is 3.22. The van der Waals surface area contributed by atoms with Crippen molar-refractivity contribution in [2.24, 2.45) is 0 Å². The van der Waals surface area contributed by atoms with E-state index in [1.165, 1.54) is 36.8 Å². The van der Waals surface area contributed by atoms with Crippen LogP contribution < -0.4 is 5.32 Å². The molecule has 0 saturated heterocycles. The third-order valence-electron chi connectivity index (χ3n) is 4.56. The summed E-state index contributed by atoms with van der Waals surface area (Å²) < 4.78 is 0. The van der Waals surface area contributed by atoms with Crippen LogP contribution in [0.1, 0.15) is 42.9 Å². The van der Waals surface area contributed by atoms with Crippen molar-refractivity contribution in [3.05, 3.63) is 58.3 Å². The minimum atomic E-state index is 0.275. The summed E-state index contributed by atoms with van der Waals surface area (Å²) in [6.07, 6.45) is 5.27. The second-order valence-electron chi connectivity index (χ2n) is 5.51. The Morgan fingerprint density at radius 1 is 1.11 bits per heavy atom. The molecule has 3 rings (SSSR count). The maximum Gasteiger partial charge on any atom is 0.0424 e. The van der Waals surface area contributed by atoms with Crippen LogP contribution in [-0.2, 0) is 5.41 Å². The largest absolute Gasteiger partial charge is 0.312 e. The van der Waals surface area contributed by atoms with Crippen molar-refractivity contribution in [3.8, 4) is 0 Å². The highest BCUT2D eigenvalue weighted by molar-refractivity contribution is 7.07. The molecule has 1 unspecified atom stereocenters. The fourth-order valence-corrected chi connectivity index (χ4v) is 4.41. The molecular weight excluding hydrogens is 250 g/mol. The van der Waals surface area contributed by atoms with E-state index in [9.17, 15) is 0 Å². The number of thiophene rings is 1. The minimum absolute atomic E-state index is 0.275. The third kappa shape index (κ3) is 2.24. The van der Waals surface area contributed by atoms with E-state index in [-0.39, 0.29) is 5.41 Å². The second kappa shape index (κ2) is 5.48. The van der Waals surface area contributed by atoms with Gasteiger partial charge in [0.05, 0.1) is 0 Å². The molecule has 0 bridgehead atoms. The molecular formula is C17H21NS. The predicted octanol–water partition coefficient (Wildman–Crippen LogP) is 4.52. The molecule has 1 aromatic heterocycles.